The van der Waals surface area contributed by atoms with Crippen LogP contribution in [0, 0.1) is 6.92 Å². The maximum Gasteiger partial charge on any atom is 0.0638 e. The third kappa shape index (κ3) is 3.42. The van der Waals surface area contributed by atoms with Crippen LogP contribution in [0.5, 0.6) is 0 Å². The molecule has 0 aliphatic carbocycles. The van der Waals surface area contributed by atoms with Crippen molar-refractivity contribution in [1.29, 1.82) is 0 Å². The molecular formula is C16H19ClN2. The molecule has 0 aliphatic heterocycles. The first-order valence-electron chi connectivity index (χ1n) is 6.45. The second-order valence-electron chi connectivity index (χ2n) is 4.71. The molecule has 2 aromatic carbocycles. The highest BCUT2D eigenvalue weighted by atomic mass is 35.5. The standard InChI is InChI=1S/C16H19ClN2/c1-3-19(14-7-4-12(2)5-8-14)11-13-6-9-16(18)15(17)10-13/h4-10H,3,11,18H2,1-2H3. The van der Waals surface area contributed by atoms with Crippen molar-refractivity contribution in [3.05, 3.63) is 58.6 Å². The van der Waals surface area contributed by atoms with Crippen molar-refractivity contribution < 1.29 is 0 Å². The van der Waals surface area contributed by atoms with Crippen LogP contribution < -0.4 is 10.6 Å². The molecule has 0 fully saturated rings. The Hall–Kier alpha value is -1.67. The largest absolute Gasteiger partial charge is 0.398 e. The van der Waals surface area contributed by atoms with Gasteiger partial charge in [0.1, 0.15) is 0 Å². The Bertz CT molecular complexity index is 549. The Kier molecular flexibility index (Phi) is 4.33. The van der Waals surface area contributed by atoms with Gasteiger partial charge in [0.05, 0.1) is 10.7 Å². The van der Waals surface area contributed by atoms with Gasteiger partial charge in [0, 0.05) is 18.8 Å². The zero-order chi connectivity index (χ0) is 13.8. The normalized spacial score (nSPS) is 10.5. The summed E-state index contributed by atoms with van der Waals surface area (Å²) in [5, 5.41) is 0.623. The molecule has 19 heavy (non-hydrogen) atoms. The first kappa shape index (κ1) is 13.8. The number of anilines is 2. The summed E-state index contributed by atoms with van der Waals surface area (Å²) in [7, 11) is 0. The lowest BCUT2D eigenvalue weighted by molar-refractivity contribution is 0.832. The molecule has 0 atom stereocenters. The van der Waals surface area contributed by atoms with Crippen molar-refractivity contribution in [2.45, 2.75) is 20.4 Å². The third-order valence-corrected chi connectivity index (χ3v) is 3.55. The molecule has 3 heteroatoms. The van der Waals surface area contributed by atoms with E-state index in [4.69, 9.17) is 17.3 Å². The molecule has 0 heterocycles. The number of hydrogen-bond acceptors (Lipinski definition) is 2. The molecule has 2 nitrogen and oxygen atoms in total. The molecule has 0 saturated carbocycles. The first-order chi connectivity index (χ1) is 9.10. The number of nitrogens with two attached hydrogens (primary N) is 1. The van der Waals surface area contributed by atoms with Crippen molar-refractivity contribution in [3.8, 4) is 0 Å². The van der Waals surface area contributed by atoms with E-state index in [-0.39, 0.29) is 0 Å². The zero-order valence-electron chi connectivity index (χ0n) is 11.4. The number of hydrogen-bond donors (Lipinski definition) is 1. The first-order valence-corrected chi connectivity index (χ1v) is 6.83. The zero-order valence-corrected chi connectivity index (χ0v) is 12.1. The minimum atomic E-state index is 0.623. The van der Waals surface area contributed by atoms with E-state index in [2.05, 4.69) is 43.0 Å². The average Bonchev–Trinajstić information content (AvgIpc) is 2.41. The minimum absolute atomic E-state index is 0.623. The summed E-state index contributed by atoms with van der Waals surface area (Å²) in [6.07, 6.45) is 0. The highest BCUT2D eigenvalue weighted by Crippen LogP contribution is 2.23. The summed E-state index contributed by atoms with van der Waals surface area (Å²) < 4.78 is 0. The van der Waals surface area contributed by atoms with Crippen LogP contribution in [0.3, 0.4) is 0 Å². The van der Waals surface area contributed by atoms with Gasteiger partial charge >= 0.3 is 0 Å². The van der Waals surface area contributed by atoms with Crippen LogP contribution in [0.25, 0.3) is 0 Å². The quantitative estimate of drug-likeness (QED) is 0.844. The summed E-state index contributed by atoms with van der Waals surface area (Å²) in [4.78, 5) is 2.31. The van der Waals surface area contributed by atoms with E-state index < -0.39 is 0 Å². The highest BCUT2D eigenvalue weighted by Gasteiger charge is 2.06. The topological polar surface area (TPSA) is 29.3 Å². The fourth-order valence-electron chi connectivity index (χ4n) is 2.03. The van der Waals surface area contributed by atoms with Crippen LogP contribution in [-0.4, -0.2) is 6.54 Å². The summed E-state index contributed by atoms with van der Waals surface area (Å²) in [6.45, 7) is 6.03. The van der Waals surface area contributed by atoms with Crippen LogP contribution in [0.4, 0.5) is 11.4 Å². The molecular weight excluding hydrogens is 256 g/mol. The molecule has 2 N–H and O–H groups in total. The number of nitrogen functional groups attached to an aromatic ring is 1. The van der Waals surface area contributed by atoms with E-state index in [0.717, 1.165) is 13.1 Å². The molecule has 2 aromatic rings. The Balaban J connectivity index is 2.18. The number of rotatable bonds is 4. The van der Waals surface area contributed by atoms with Crippen LogP contribution in [0.1, 0.15) is 18.1 Å². The van der Waals surface area contributed by atoms with Crippen molar-refractivity contribution in [1.82, 2.24) is 0 Å². The molecule has 0 aromatic heterocycles. The van der Waals surface area contributed by atoms with E-state index in [0.29, 0.717) is 10.7 Å². The Morgan fingerprint density at radius 1 is 1.11 bits per heavy atom. The molecule has 0 bridgehead atoms. The fourth-order valence-corrected chi connectivity index (χ4v) is 2.23. The Labute approximate surface area is 119 Å². The number of aryl methyl sites for hydroxylation is 1. The van der Waals surface area contributed by atoms with Gasteiger partial charge in [0.2, 0.25) is 0 Å². The molecule has 100 valence electrons. The lowest BCUT2D eigenvalue weighted by atomic mass is 10.1. The molecule has 2 rings (SSSR count). The maximum absolute atomic E-state index is 6.06. The van der Waals surface area contributed by atoms with Gasteiger partial charge < -0.3 is 10.6 Å². The van der Waals surface area contributed by atoms with Gasteiger partial charge in [-0.3, -0.25) is 0 Å². The fraction of sp³-hybridized carbons (Fsp3) is 0.250. The number of benzene rings is 2. The van der Waals surface area contributed by atoms with Crippen molar-refractivity contribution in [2.75, 3.05) is 17.2 Å². The van der Waals surface area contributed by atoms with Crippen molar-refractivity contribution >= 4 is 23.0 Å². The molecule has 0 spiro atoms. The summed E-state index contributed by atoms with van der Waals surface area (Å²) in [5.74, 6) is 0. The van der Waals surface area contributed by atoms with Crippen LogP contribution >= 0.6 is 11.6 Å². The SMILES string of the molecule is CCN(Cc1ccc(N)c(Cl)c1)c1ccc(C)cc1. The second-order valence-corrected chi connectivity index (χ2v) is 5.11. The van der Waals surface area contributed by atoms with Crippen molar-refractivity contribution in [3.63, 3.8) is 0 Å². The molecule has 0 amide bonds. The predicted molar refractivity (Wildman–Crippen MR) is 83.8 cm³/mol. The second kappa shape index (κ2) is 5.98. The van der Waals surface area contributed by atoms with E-state index in [1.807, 2.05) is 18.2 Å². The maximum atomic E-state index is 6.06. The van der Waals surface area contributed by atoms with Gasteiger partial charge in [-0.15, -0.1) is 0 Å². The number of halogens is 1. The number of nitrogens with zero attached hydrogens (tertiary/aromatic N) is 1. The smallest absolute Gasteiger partial charge is 0.0638 e. The van der Waals surface area contributed by atoms with Crippen LogP contribution in [0.2, 0.25) is 5.02 Å². The average molecular weight is 275 g/mol. The summed E-state index contributed by atoms with van der Waals surface area (Å²) >= 11 is 6.06. The third-order valence-electron chi connectivity index (χ3n) is 3.22. The van der Waals surface area contributed by atoms with Gasteiger partial charge in [-0.1, -0.05) is 35.4 Å². The molecule has 0 unspecified atom stereocenters. The molecule has 0 aliphatic rings. The van der Waals surface area contributed by atoms with Gasteiger partial charge in [-0.25, -0.2) is 0 Å². The minimum Gasteiger partial charge on any atom is -0.398 e. The lowest BCUT2D eigenvalue weighted by Gasteiger charge is -2.23. The summed E-state index contributed by atoms with van der Waals surface area (Å²) in [5.41, 5.74) is 10.0. The van der Waals surface area contributed by atoms with E-state index in [9.17, 15) is 0 Å². The monoisotopic (exact) mass is 274 g/mol. The van der Waals surface area contributed by atoms with Crippen LogP contribution in [-0.2, 0) is 6.54 Å². The van der Waals surface area contributed by atoms with E-state index in [1.165, 1.54) is 16.8 Å². The Morgan fingerprint density at radius 3 is 2.37 bits per heavy atom. The van der Waals surface area contributed by atoms with Gasteiger partial charge in [-0.2, -0.15) is 0 Å². The molecule has 0 radical (unpaired) electrons. The molecule has 0 saturated heterocycles. The van der Waals surface area contributed by atoms with Gasteiger partial charge in [-0.05, 0) is 43.7 Å². The lowest BCUT2D eigenvalue weighted by Crippen LogP contribution is -2.21. The highest BCUT2D eigenvalue weighted by molar-refractivity contribution is 6.33. The Morgan fingerprint density at radius 2 is 1.79 bits per heavy atom. The summed E-state index contributed by atoms with van der Waals surface area (Å²) in [6, 6.07) is 14.4. The predicted octanol–water partition coefficient (Wildman–Crippen LogP) is 4.26. The van der Waals surface area contributed by atoms with E-state index in [1.54, 1.807) is 0 Å². The van der Waals surface area contributed by atoms with Crippen molar-refractivity contribution in [2.24, 2.45) is 0 Å². The van der Waals surface area contributed by atoms with E-state index >= 15 is 0 Å². The van der Waals surface area contributed by atoms with Crippen LogP contribution in [0.15, 0.2) is 42.5 Å². The van der Waals surface area contributed by atoms with Gasteiger partial charge in [0.15, 0.2) is 0 Å². The van der Waals surface area contributed by atoms with Gasteiger partial charge in [0.25, 0.3) is 0 Å².